The monoisotopic (exact) mass is 348 g/mol. The minimum Gasteiger partial charge on any atom is -0.389 e. The van der Waals surface area contributed by atoms with Gasteiger partial charge in [-0.1, -0.05) is 12.2 Å². The average Bonchev–Trinajstić information content (AvgIpc) is 2.83. The number of aromatic nitrogens is 5. The van der Waals surface area contributed by atoms with E-state index >= 15 is 0 Å². The van der Waals surface area contributed by atoms with Gasteiger partial charge in [0.15, 0.2) is 5.82 Å². The standard InChI is InChI=1S/C11H11F3N6S2/c1-20-18-9(17-19-20)5-22-4-7-6(10(15)21)2-3-8(16-7)11(12,13)14/h2-3H,4-5H2,1H3,(H2,15,21). The number of thioether (sulfide) groups is 1. The molecule has 0 fully saturated rings. The van der Waals surface area contributed by atoms with Crippen molar-refractivity contribution < 1.29 is 13.2 Å². The zero-order valence-electron chi connectivity index (χ0n) is 11.3. The molecule has 6 nitrogen and oxygen atoms in total. The molecule has 0 aromatic carbocycles. The van der Waals surface area contributed by atoms with Crippen LogP contribution in [0.3, 0.4) is 0 Å². The van der Waals surface area contributed by atoms with Crippen LogP contribution in [-0.4, -0.2) is 30.2 Å². The van der Waals surface area contributed by atoms with Gasteiger partial charge in [-0.15, -0.1) is 22.0 Å². The number of hydrogen-bond acceptors (Lipinski definition) is 6. The Labute approximate surface area is 133 Å². The van der Waals surface area contributed by atoms with Crippen molar-refractivity contribution in [1.29, 1.82) is 0 Å². The van der Waals surface area contributed by atoms with Crippen LogP contribution in [0.25, 0.3) is 0 Å². The lowest BCUT2D eigenvalue weighted by Crippen LogP contribution is -2.16. The summed E-state index contributed by atoms with van der Waals surface area (Å²) in [6.07, 6.45) is -4.51. The number of aryl methyl sites for hydroxylation is 1. The molecule has 0 bridgehead atoms. The van der Waals surface area contributed by atoms with Crippen molar-refractivity contribution in [2.45, 2.75) is 17.7 Å². The molecular weight excluding hydrogens is 337 g/mol. The Morgan fingerprint density at radius 2 is 2.09 bits per heavy atom. The molecule has 2 heterocycles. The molecule has 0 unspecified atom stereocenters. The summed E-state index contributed by atoms with van der Waals surface area (Å²) in [6, 6.07) is 2.11. The zero-order chi connectivity index (χ0) is 16.3. The first-order valence-electron chi connectivity index (χ1n) is 5.95. The fourth-order valence-electron chi connectivity index (χ4n) is 1.61. The first kappa shape index (κ1) is 16.6. The summed E-state index contributed by atoms with van der Waals surface area (Å²) >= 11 is 6.14. The molecule has 0 spiro atoms. The predicted octanol–water partition coefficient (Wildman–Crippen LogP) is 1.69. The lowest BCUT2D eigenvalue weighted by molar-refractivity contribution is -0.141. The molecule has 0 saturated heterocycles. The lowest BCUT2D eigenvalue weighted by atomic mass is 10.2. The van der Waals surface area contributed by atoms with Crippen molar-refractivity contribution in [1.82, 2.24) is 25.2 Å². The first-order chi connectivity index (χ1) is 10.3. The number of pyridine rings is 1. The Kier molecular flexibility index (Phi) is 4.96. The van der Waals surface area contributed by atoms with E-state index in [4.69, 9.17) is 18.0 Å². The van der Waals surface area contributed by atoms with Gasteiger partial charge in [-0.2, -0.15) is 18.0 Å². The molecule has 0 saturated carbocycles. The highest BCUT2D eigenvalue weighted by atomic mass is 32.2. The molecule has 118 valence electrons. The van der Waals surface area contributed by atoms with Gasteiger partial charge in [0.2, 0.25) is 0 Å². The maximum Gasteiger partial charge on any atom is 0.433 e. The maximum absolute atomic E-state index is 12.7. The Morgan fingerprint density at radius 1 is 1.36 bits per heavy atom. The van der Waals surface area contributed by atoms with Crippen LogP contribution in [0, 0.1) is 0 Å². The second kappa shape index (κ2) is 6.57. The van der Waals surface area contributed by atoms with Crippen molar-refractivity contribution in [3.05, 3.63) is 34.9 Å². The highest BCUT2D eigenvalue weighted by Gasteiger charge is 2.33. The minimum absolute atomic E-state index is 0.00875. The minimum atomic E-state index is -4.51. The SMILES string of the molecule is Cn1nnc(CSCc2nc(C(F)(F)F)ccc2C(N)=S)n1. The highest BCUT2D eigenvalue weighted by Crippen LogP contribution is 2.29. The van der Waals surface area contributed by atoms with Gasteiger partial charge < -0.3 is 5.73 Å². The van der Waals surface area contributed by atoms with Gasteiger partial charge in [-0.05, 0) is 17.3 Å². The largest absolute Gasteiger partial charge is 0.433 e. The Morgan fingerprint density at radius 3 is 2.64 bits per heavy atom. The van der Waals surface area contributed by atoms with Crippen molar-refractivity contribution in [2.24, 2.45) is 12.8 Å². The van der Waals surface area contributed by atoms with E-state index in [1.807, 2.05) is 0 Å². The van der Waals surface area contributed by atoms with Gasteiger partial charge in [0, 0.05) is 11.3 Å². The summed E-state index contributed by atoms with van der Waals surface area (Å²) in [4.78, 5) is 4.94. The van der Waals surface area contributed by atoms with Crippen molar-refractivity contribution in [2.75, 3.05) is 0 Å². The number of halogens is 3. The van der Waals surface area contributed by atoms with Gasteiger partial charge in [-0.3, -0.25) is 0 Å². The predicted molar refractivity (Wildman–Crippen MR) is 78.9 cm³/mol. The second-order valence-corrected chi connectivity index (χ2v) is 5.67. The molecule has 0 radical (unpaired) electrons. The van der Waals surface area contributed by atoms with Gasteiger partial charge in [0.05, 0.1) is 18.5 Å². The zero-order valence-corrected chi connectivity index (χ0v) is 13.0. The summed E-state index contributed by atoms with van der Waals surface area (Å²) in [5.41, 5.74) is 5.08. The van der Waals surface area contributed by atoms with Crippen molar-refractivity contribution in [3.63, 3.8) is 0 Å². The molecule has 2 aromatic heterocycles. The van der Waals surface area contributed by atoms with E-state index in [-0.39, 0.29) is 16.4 Å². The second-order valence-electron chi connectivity index (χ2n) is 4.24. The molecule has 0 atom stereocenters. The van der Waals surface area contributed by atoms with Gasteiger partial charge >= 0.3 is 6.18 Å². The number of thiocarbonyl (C=S) groups is 1. The summed E-state index contributed by atoms with van der Waals surface area (Å²) in [6.45, 7) is 0. The molecule has 0 aliphatic carbocycles. The van der Waals surface area contributed by atoms with Crippen LogP contribution in [-0.2, 0) is 24.7 Å². The molecule has 11 heteroatoms. The molecule has 2 rings (SSSR count). The summed E-state index contributed by atoms with van der Waals surface area (Å²) in [5.74, 6) is 1.08. The number of tetrazole rings is 1. The molecule has 22 heavy (non-hydrogen) atoms. The number of hydrogen-bond donors (Lipinski definition) is 1. The molecule has 0 amide bonds. The van der Waals surface area contributed by atoms with Gasteiger partial charge in [-0.25, -0.2) is 4.98 Å². The Hall–Kier alpha value is -1.75. The van der Waals surface area contributed by atoms with E-state index in [9.17, 15) is 13.2 Å². The first-order valence-corrected chi connectivity index (χ1v) is 7.51. The van der Waals surface area contributed by atoms with Crippen LogP contribution in [0.4, 0.5) is 13.2 Å². The number of rotatable bonds is 5. The number of nitrogens with zero attached hydrogens (tertiary/aromatic N) is 5. The van der Waals surface area contributed by atoms with Crippen LogP contribution in [0.2, 0.25) is 0 Å². The van der Waals surface area contributed by atoms with E-state index in [0.717, 1.165) is 6.07 Å². The third-order valence-corrected chi connectivity index (χ3v) is 3.71. The molecule has 2 N–H and O–H groups in total. The quantitative estimate of drug-likeness (QED) is 0.823. The normalized spacial score (nSPS) is 11.6. The molecular formula is C11H11F3N6S2. The Bertz CT molecular complexity index is 685. The van der Waals surface area contributed by atoms with E-state index in [2.05, 4.69) is 20.4 Å². The van der Waals surface area contributed by atoms with Crippen molar-refractivity contribution in [3.8, 4) is 0 Å². The maximum atomic E-state index is 12.7. The topological polar surface area (TPSA) is 82.5 Å². The van der Waals surface area contributed by atoms with Crippen LogP contribution in [0.5, 0.6) is 0 Å². The number of nitrogens with two attached hydrogens (primary N) is 1. The van der Waals surface area contributed by atoms with Crippen LogP contribution in [0.15, 0.2) is 12.1 Å². The summed E-state index contributed by atoms with van der Waals surface area (Å²) in [5, 5.41) is 11.4. The third-order valence-electron chi connectivity index (χ3n) is 2.55. The lowest BCUT2D eigenvalue weighted by Gasteiger charge is -2.11. The van der Waals surface area contributed by atoms with Crippen LogP contribution < -0.4 is 5.73 Å². The smallest absolute Gasteiger partial charge is 0.389 e. The summed E-state index contributed by atoms with van der Waals surface area (Å²) in [7, 11) is 1.63. The van der Waals surface area contributed by atoms with E-state index in [1.54, 1.807) is 7.05 Å². The van der Waals surface area contributed by atoms with Crippen LogP contribution >= 0.6 is 24.0 Å². The van der Waals surface area contributed by atoms with Gasteiger partial charge in [0.25, 0.3) is 0 Å². The molecule has 2 aromatic rings. The van der Waals surface area contributed by atoms with Crippen LogP contribution in [0.1, 0.15) is 22.8 Å². The van der Waals surface area contributed by atoms with E-state index in [1.165, 1.54) is 22.6 Å². The van der Waals surface area contributed by atoms with Crippen molar-refractivity contribution >= 4 is 29.0 Å². The van der Waals surface area contributed by atoms with E-state index < -0.39 is 11.9 Å². The fourth-order valence-corrected chi connectivity index (χ4v) is 2.61. The number of alkyl halides is 3. The highest BCUT2D eigenvalue weighted by molar-refractivity contribution is 7.97. The third kappa shape index (κ3) is 4.13. The fraction of sp³-hybridized carbons (Fsp3) is 0.364. The average molecular weight is 348 g/mol. The molecule has 0 aliphatic heterocycles. The molecule has 0 aliphatic rings. The van der Waals surface area contributed by atoms with Gasteiger partial charge in [0.1, 0.15) is 10.7 Å². The Balaban J connectivity index is 2.14. The van der Waals surface area contributed by atoms with E-state index in [0.29, 0.717) is 17.1 Å². The summed E-state index contributed by atoms with van der Waals surface area (Å²) < 4.78 is 38.2.